The zero-order valence-corrected chi connectivity index (χ0v) is 16.2. The molecule has 2 aromatic heterocycles. The van der Waals surface area contributed by atoms with Gasteiger partial charge in [-0.25, -0.2) is 4.98 Å². The number of rotatable bonds is 7. The molecule has 0 aliphatic carbocycles. The molecule has 1 saturated heterocycles. The van der Waals surface area contributed by atoms with Crippen LogP contribution < -0.4 is 10.2 Å². The number of carbonyl (C=O) groups excluding carboxylic acids is 1. The molecule has 3 heterocycles. The van der Waals surface area contributed by atoms with E-state index in [4.69, 9.17) is 0 Å². The lowest BCUT2D eigenvalue weighted by Gasteiger charge is -2.32. The highest BCUT2D eigenvalue weighted by atomic mass is 32.2. The average molecular weight is 375 g/mol. The number of nitrogens with one attached hydrogen (secondary N) is 1. The van der Waals surface area contributed by atoms with Crippen LogP contribution in [0.4, 0.5) is 5.82 Å². The summed E-state index contributed by atoms with van der Waals surface area (Å²) in [6, 6.07) is 5.90. The molecule has 0 unspecified atom stereocenters. The second-order valence-electron chi connectivity index (χ2n) is 6.39. The van der Waals surface area contributed by atoms with Crippen LogP contribution in [0.15, 0.2) is 29.6 Å². The standard InChI is InChI=1S/C18H26N6OS/c1-3-24-14(2)21-22-18(24)26-12-10-20-17(25)15-7-6-11-23(13-15)16-8-4-5-9-19-16/h4-5,8-9,15H,3,6-7,10-13H2,1-2H3,(H,20,25)/t15-/m0/s1. The van der Waals surface area contributed by atoms with Crippen molar-refractivity contribution in [2.75, 3.05) is 30.3 Å². The van der Waals surface area contributed by atoms with Gasteiger partial charge in [-0.3, -0.25) is 4.79 Å². The van der Waals surface area contributed by atoms with Crippen molar-refractivity contribution in [3.05, 3.63) is 30.2 Å². The number of aryl methyl sites for hydroxylation is 1. The van der Waals surface area contributed by atoms with Gasteiger partial charge in [0.1, 0.15) is 11.6 Å². The van der Waals surface area contributed by atoms with Crippen LogP contribution in [0, 0.1) is 12.8 Å². The number of piperidine rings is 1. The number of pyridine rings is 1. The summed E-state index contributed by atoms with van der Waals surface area (Å²) in [5.41, 5.74) is 0. The molecule has 1 aliphatic rings. The molecule has 1 amide bonds. The fourth-order valence-electron chi connectivity index (χ4n) is 3.23. The first-order valence-corrected chi connectivity index (χ1v) is 10.1. The fourth-order valence-corrected chi connectivity index (χ4v) is 4.14. The smallest absolute Gasteiger partial charge is 0.224 e. The zero-order valence-electron chi connectivity index (χ0n) is 15.4. The Morgan fingerprint density at radius 1 is 1.38 bits per heavy atom. The molecule has 8 heteroatoms. The molecule has 1 N–H and O–H groups in total. The Morgan fingerprint density at radius 3 is 3.04 bits per heavy atom. The van der Waals surface area contributed by atoms with Crippen LogP contribution in [0.25, 0.3) is 0 Å². The molecule has 1 aliphatic heterocycles. The lowest BCUT2D eigenvalue weighted by atomic mass is 9.97. The van der Waals surface area contributed by atoms with Crippen LogP contribution in [0.3, 0.4) is 0 Å². The van der Waals surface area contributed by atoms with Crippen LogP contribution in [0.5, 0.6) is 0 Å². The third kappa shape index (κ3) is 4.55. The van der Waals surface area contributed by atoms with E-state index in [1.807, 2.05) is 25.1 Å². The number of nitrogens with zero attached hydrogens (tertiary/aromatic N) is 5. The SMILES string of the molecule is CCn1c(C)nnc1SCCNC(=O)[C@H]1CCCN(c2ccccn2)C1. The molecule has 3 rings (SSSR count). The van der Waals surface area contributed by atoms with E-state index < -0.39 is 0 Å². The molecular weight excluding hydrogens is 348 g/mol. The van der Waals surface area contributed by atoms with Gasteiger partial charge in [-0.05, 0) is 38.8 Å². The van der Waals surface area contributed by atoms with Crippen molar-refractivity contribution < 1.29 is 4.79 Å². The molecule has 1 atom stereocenters. The number of hydrogen-bond acceptors (Lipinski definition) is 6. The molecule has 140 valence electrons. The minimum atomic E-state index is 0.0253. The van der Waals surface area contributed by atoms with E-state index in [2.05, 4.69) is 36.9 Å². The van der Waals surface area contributed by atoms with E-state index in [1.165, 1.54) is 0 Å². The van der Waals surface area contributed by atoms with Crippen molar-refractivity contribution in [1.82, 2.24) is 25.1 Å². The van der Waals surface area contributed by atoms with Crippen molar-refractivity contribution >= 4 is 23.5 Å². The van der Waals surface area contributed by atoms with E-state index >= 15 is 0 Å². The van der Waals surface area contributed by atoms with E-state index in [9.17, 15) is 4.79 Å². The molecule has 0 radical (unpaired) electrons. The molecule has 1 fully saturated rings. The predicted octanol–water partition coefficient (Wildman–Crippen LogP) is 2.13. The van der Waals surface area contributed by atoms with Gasteiger partial charge in [0.15, 0.2) is 5.16 Å². The monoisotopic (exact) mass is 374 g/mol. The first-order valence-electron chi connectivity index (χ1n) is 9.15. The van der Waals surface area contributed by atoms with Crippen molar-refractivity contribution in [3.63, 3.8) is 0 Å². The summed E-state index contributed by atoms with van der Waals surface area (Å²) < 4.78 is 2.08. The summed E-state index contributed by atoms with van der Waals surface area (Å²) >= 11 is 1.63. The Labute approximate surface area is 158 Å². The first-order chi connectivity index (χ1) is 12.7. The summed E-state index contributed by atoms with van der Waals surface area (Å²) in [5.74, 6) is 2.84. The third-order valence-corrected chi connectivity index (χ3v) is 5.58. The number of hydrogen-bond donors (Lipinski definition) is 1. The van der Waals surface area contributed by atoms with Gasteiger partial charge in [0, 0.05) is 38.1 Å². The lowest BCUT2D eigenvalue weighted by Crippen LogP contribution is -2.43. The van der Waals surface area contributed by atoms with E-state index in [-0.39, 0.29) is 11.8 Å². The van der Waals surface area contributed by atoms with Gasteiger partial charge in [-0.1, -0.05) is 17.8 Å². The lowest BCUT2D eigenvalue weighted by molar-refractivity contribution is -0.125. The quantitative estimate of drug-likeness (QED) is 0.591. The third-order valence-electron chi connectivity index (χ3n) is 4.62. The Kier molecular flexibility index (Phi) is 6.49. The van der Waals surface area contributed by atoms with Crippen LogP contribution in [0.1, 0.15) is 25.6 Å². The predicted molar refractivity (Wildman–Crippen MR) is 103 cm³/mol. The molecule has 7 nitrogen and oxygen atoms in total. The van der Waals surface area contributed by atoms with Crippen LogP contribution >= 0.6 is 11.8 Å². The maximum Gasteiger partial charge on any atom is 0.224 e. The van der Waals surface area contributed by atoms with Gasteiger partial charge >= 0.3 is 0 Å². The number of aromatic nitrogens is 4. The van der Waals surface area contributed by atoms with Gasteiger partial charge in [0.2, 0.25) is 5.91 Å². The summed E-state index contributed by atoms with van der Waals surface area (Å²) in [7, 11) is 0. The van der Waals surface area contributed by atoms with Crippen LogP contribution in [0.2, 0.25) is 0 Å². The molecular formula is C18H26N6OS. The van der Waals surface area contributed by atoms with Gasteiger partial charge < -0.3 is 14.8 Å². The number of thioether (sulfide) groups is 1. The van der Waals surface area contributed by atoms with E-state index in [1.54, 1.807) is 18.0 Å². The Hall–Kier alpha value is -2.09. The molecule has 0 aromatic carbocycles. The maximum atomic E-state index is 12.5. The Bertz CT molecular complexity index is 720. The van der Waals surface area contributed by atoms with Gasteiger partial charge in [0.25, 0.3) is 0 Å². The second-order valence-corrected chi connectivity index (χ2v) is 7.45. The molecule has 26 heavy (non-hydrogen) atoms. The average Bonchev–Trinajstić information content (AvgIpc) is 3.05. The van der Waals surface area contributed by atoms with E-state index in [0.29, 0.717) is 6.54 Å². The number of amides is 1. The van der Waals surface area contributed by atoms with Gasteiger partial charge in [-0.15, -0.1) is 10.2 Å². The van der Waals surface area contributed by atoms with Crippen LogP contribution in [-0.4, -0.2) is 51.0 Å². The normalized spacial score (nSPS) is 17.3. The fraction of sp³-hybridized carbons (Fsp3) is 0.556. The van der Waals surface area contributed by atoms with Crippen molar-refractivity contribution in [2.45, 2.75) is 38.4 Å². The molecule has 2 aromatic rings. The highest BCUT2D eigenvalue weighted by Crippen LogP contribution is 2.21. The minimum Gasteiger partial charge on any atom is -0.356 e. The van der Waals surface area contributed by atoms with Crippen molar-refractivity contribution in [2.24, 2.45) is 5.92 Å². The maximum absolute atomic E-state index is 12.5. The van der Waals surface area contributed by atoms with E-state index in [0.717, 1.165) is 55.0 Å². The van der Waals surface area contributed by atoms with Crippen molar-refractivity contribution in [3.8, 4) is 0 Å². The minimum absolute atomic E-state index is 0.0253. The highest BCUT2D eigenvalue weighted by molar-refractivity contribution is 7.99. The molecule has 0 spiro atoms. The van der Waals surface area contributed by atoms with Crippen molar-refractivity contribution in [1.29, 1.82) is 0 Å². The molecule has 0 bridgehead atoms. The second kappa shape index (κ2) is 9.02. The summed E-state index contributed by atoms with van der Waals surface area (Å²) in [4.78, 5) is 19.1. The summed E-state index contributed by atoms with van der Waals surface area (Å²) in [6.45, 7) is 7.23. The molecule has 0 saturated carbocycles. The first kappa shape index (κ1) is 18.7. The largest absolute Gasteiger partial charge is 0.356 e. The van der Waals surface area contributed by atoms with Crippen LogP contribution in [-0.2, 0) is 11.3 Å². The summed E-state index contributed by atoms with van der Waals surface area (Å²) in [6.07, 6.45) is 3.75. The topological polar surface area (TPSA) is 75.9 Å². The van der Waals surface area contributed by atoms with Gasteiger partial charge in [-0.2, -0.15) is 0 Å². The number of anilines is 1. The summed E-state index contributed by atoms with van der Waals surface area (Å²) in [5, 5.41) is 12.3. The Balaban J connectivity index is 1.44. The number of carbonyl (C=O) groups is 1. The zero-order chi connectivity index (χ0) is 18.4. The highest BCUT2D eigenvalue weighted by Gasteiger charge is 2.26. The van der Waals surface area contributed by atoms with Gasteiger partial charge in [0.05, 0.1) is 5.92 Å². The Morgan fingerprint density at radius 2 is 2.27 bits per heavy atom.